The van der Waals surface area contributed by atoms with Crippen LogP contribution in [0.2, 0.25) is 0 Å². The fourth-order valence-electron chi connectivity index (χ4n) is 2.53. The van der Waals surface area contributed by atoms with Gasteiger partial charge in [-0.15, -0.1) is 0 Å². The lowest BCUT2D eigenvalue weighted by Crippen LogP contribution is -2.11. The van der Waals surface area contributed by atoms with Crippen molar-refractivity contribution in [3.8, 4) is 22.6 Å². The number of aliphatic hydroxyl groups is 1. The number of benzene rings is 2. The molecule has 0 saturated heterocycles. The van der Waals surface area contributed by atoms with Gasteiger partial charge in [0.1, 0.15) is 11.5 Å². The minimum atomic E-state index is -0.00815. The summed E-state index contributed by atoms with van der Waals surface area (Å²) in [6.45, 7) is 0.832. The van der Waals surface area contributed by atoms with E-state index in [0.29, 0.717) is 0 Å². The van der Waals surface area contributed by atoms with Gasteiger partial charge in [0.2, 0.25) is 0 Å². The van der Waals surface area contributed by atoms with Crippen LogP contribution < -0.4 is 9.47 Å². The first-order valence-electron chi connectivity index (χ1n) is 7.18. The smallest absolute Gasteiger partial charge is 0.130 e. The van der Waals surface area contributed by atoms with E-state index in [9.17, 15) is 5.11 Å². The van der Waals surface area contributed by atoms with Gasteiger partial charge in [-0.25, -0.2) is 0 Å². The molecule has 0 unspecified atom stereocenters. The zero-order chi connectivity index (χ0) is 16.1. The molecule has 0 bridgehead atoms. The third kappa shape index (κ3) is 3.59. The van der Waals surface area contributed by atoms with Gasteiger partial charge < -0.3 is 19.5 Å². The third-order valence-corrected chi connectivity index (χ3v) is 3.54. The van der Waals surface area contributed by atoms with Crippen LogP contribution in [0.25, 0.3) is 11.1 Å². The van der Waals surface area contributed by atoms with Crippen LogP contribution in [0, 0.1) is 0 Å². The van der Waals surface area contributed by atoms with E-state index in [4.69, 9.17) is 9.47 Å². The Morgan fingerprint density at radius 1 is 0.955 bits per heavy atom. The van der Waals surface area contributed by atoms with Crippen molar-refractivity contribution >= 4 is 0 Å². The predicted molar refractivity (Wildman–Crippen MR) is 88.3 cm³/mol. The lowest BCUT2D eigenvalue weighted by molar-refractivity contribution is 0.282. The Kier molecular flexibility index (Phi) is 5.41. The molecule has 0 aliphatic rings. The zero-order valence-corrected chi connectivity index (χ0v) is 13.6. The Balaban J connectivity index is 2.47. The van der Waals surface area contributed by atoms with E-state index in [2.05, 4.69) is 11.0 Å². The van der Waals surface area contributed by atoms with Crippen LogP contribution in [0.5, 0.6) is 11.5 Å². The van der Waals surface area contributed by atoms with Crippen molar-refractivity contribution in [1.82, 2.24) is 4.90 Å². The maximum absolute atomic E-state index is 9.72. The summed E-state index contributed by atoms with van der Waals surface area (Å²) in [7, 11) is 7.32. The standard InChI is InChI=1S/C18H23NO3/c1-19(2)11-13-5-7-16(14(9-13)12-20)17-8-6-15(21-3)10-18(17)22-4/h5-10,20H,11-12H2,1-4H3. The third-order valence-electron chi connectivity index (χ3n) is 3.54. The minimum Gasteiger partial charge on any atom is -0.497 e. The molecule has 0 spiro atoms. The highest BCUT2D eigenvalue weighted by Crippen LogP contribution is 2.35. The molecule has 0 fully saturated rings. The molecular weight excluding hydrogens is 278 g/mol. The zero-order valence-electron chi connectivity index (χ0n) is 13.6. The van der Waals surface area contributed by atoms with Gasteiger partial charge in [0.25, 0.3) is 0 Å². The lowest BCUT2D eigenvalue weighted by atomic mass is 9.96. The molecule has 22 heavy (non-hydrogen) atoms. The predicted octanol–water partition coefficient (Wildman–Crippen LogP) is 2.92. The summed E-state index contributed by atoms with van der Waals surface area (Å²) in [5.41, 5.74) is 3.99. The van der Waals surface area contributed by atoms with Gasteiger partial charge >= 0.3 is 0 Å². The van der Waals surface area contributed by atoms with Crippen molar-refractivity contribution < 1.29 is 14.6 Å². The average Bonchev–Trinajstić information content (AvgIpc) is 2.53. The molecule has 0 aromatic heterocycles. The molecule has 0 aliphatic carbocycles. The van der Waals surface area contributed by atoms with Crippen molar-refractivity contribution in [2.75, 3.05) is 28.3 Å². The summed E-state index contributed by atoms with van der Waals surface area (Å²) in [5.74, 6) is 1.48. The fourth-order valence-corrected chi connectivity index (χ4v) is 2.53. The van der Waals surface area contributed by atoms with Crippen molar-refractivity contribution in [1.29, 1.82) is 0 Å². The van der Waals surface area contributed by atoms with E-state index >= 15 is 0 Å². The van der Waals surface area contributed by atoms with Gasteiger partial charge in [0, 0.05) is 18.2 Å². The van der Waals surface area contributed by atoms with E-state index < -0.39 is 0 Å². The van der Waals surface area contributed by atoms with Crippen LogP contribution in [0.4, 0.5) is 0 Å². The normalized spacial score (nSPS) is 10.8. The first kappa shape index (κ1) is 16.3. The van der Waals surface area contributed by atoms with E-state index in [1.165, 1.54) is 5.56 Å². The van der Waals surface area contributed by atoms with Gasteiger partial charge in [0.15, 0.2) is 0 Å². The number of hydrogen-bond acceptors (Lipinski definition) is 4. The van der Waals surface area contributed by atoms with Crippen molar-refractivity contribution in [3.63, 3.8) is 0 Å². The number of hydrogen-bond donors (Lipinski definition) is 1. The Bertz CT molecular complexity index is 638. The summed E-state index contributed by atoms with van der Waals surface area (Å²) in [5, 5.41) is 9.72. The highest BCUT2D eigenvalue weighted by Gasteiger charge is 2.12. The number of aliphatic hydroxyl groups excluding tert-OH is 1. The molecule has 0 amide bonds. The van der Waals surface area contributed by atoms with Gasteiger partial charge in [0.05, 0.1) is 20.8 Å². The van der Waals surface area contributed by atoms with E-state index in [1.807, 2.05) is 44.4 Å². The Hall–Kier alpha value is -2.04. The van der Waals surface area contributed by atoms with Crippen LogP contribution in [-0.4, -0.2) is 38.3 Å². The largest absolute Gasteiger partial charge is 0.497 e. The molecule has 0 atom stereocenters. The first-order valence-corrected chi connectivity index (χ1v) is 7.18. The molecular formula is C18H23NO3. The van der Waals surface area contributed by atoms with Crippen LogP contribution in [0.1, 0.15) is 11.1 Å². The van der Waals surface area contributed by atoms with Crippen molar-refractivity contribution in [2.45, 2.75) is 13.2 Å². The first-order chi connectivity index (χ1) is 10.6. The van der Waals surface area contributed by atoms with E-state index in [-0.39, 0.29) is 6.61 Å². The second kappa shape index (κ2) is 7.29. The molecule has 0 aliphatic heterocycles. The summed E-state index contributed by atoms with van der Waals surface area (Å²) in [4.78, 5) is 2.10. The van der Waals surface area contributed by atoms with Crippen LogP contribution >= 0.6 is 0 Å². The fraction of sp³-hybridized carbons (Fsp3) is 0.333. The highest BCUT2D eigenvalue weighted by molar-refractivity contribution is 5.74. The summed E-state index contributed by atoms with van der Waals surface area (Å²) in [6, 6.07) is 11.9. The Labute approximate surface area is 131 Å². The van der Waals surface area contributed by atoms with Crippen LogP contribution in [0.3, 0.4) is 0 Å². The summed E-state index contributed by atoms with van der Waals surface area (Å²) < 4.78 is 10.7. The molecule has 0 heterocycles. The second-order valence-corrected chi connectivity index (χ2v) is 5.45. The average molecular weight is 301 g/mol. The maximum atomic E-state index is 9.72. The number of ether oxygens (including phenoxy) is 2. The van der Waals surface area contributed by atoms with E-state index in [0.717, 1.165) is 34.7 Å². The van der Waals surface area contributed by atoms with Gasteiger partial charge in [-0.3, -0.25) is 0 Å². The van der Waals surface area contributed by atoms with Crippen molar-refractivity contribution in [3.05, 3.63) is 47.5 Å². The summed E-state index contributed by atoms with van der Waals surface area (Å²) >= 11 is 0. The molecule has 0 radical (unpaired) electrons. The van der Waals surface area contributed by atoms with Crippen molar-refractivity contribution in [2.24, 2.45) is 0 Å². The van der Waals surface area contributed by atoms with Crippen LogP contribution in [-0.2, 0) is 13.2 Å². The minimum absolute atomic E-state index is 0.00815. The van der Waals surface area contributed by atoms with E-state index in [1.54, 1.807) is 14.2 Å². The number of rotatable bonds is 6. The SMILES string of the molecule is COc1ccc(-c2ccc(CN(C)C)cc2CO)c(OC)c1. The molecule has 118 valence electrons. The monoisotopic (exact) mass is 301 g/mol. The Morgan fingerprint density at radius 3 is 2.27 bits per heavy atom. The lowest BCUT2D eigenvalue weighted by Gasteiger charge is -2.16. The molecule has 1 N–H and O–H groups in total. The highest BCUT2D eigenvalue weighted by atomic mass is 16.5. The summed E-state index contributed by atoms with van der Waals surface area (Å²) in [6.07, 6.45) is 0. The molecule has 0 saturated carbocycles. The van der Waals surface area contributed by atoms with Gasteiger partial charge in [-0.2, -0.15) is 0 Å². The molecule has 4 nitrogen and oxygen atoms in total. The number of nitrogens with zero attached hydrogens (tertiary/aromatic N) is 1. The van der Waals surface area contributed by atoms with Gasteiger partial charge in [-0.05, 0) is 42.9 Å². The van der Waals surface area contributed by atoms with Gasteiger partial charge in [-0.1, -0.05) is 18.2 Å². The molecule has 2 aromatic carbocycles. The molecule has 4 heteroatoms. The maximum Gasteiger partial charge on any atom is 0.130 e. The molecule has 2 aromatic rings. The second-order valence-electron chi connectivity index (χ2n) is 5.45. The Morgan fingerprint density at radius 2 is 1.68 bits per heavy atom. The quantitative estimate of drug-likeness (QED) is 0.891. The topological polar surface area (TPSA) is 41.9 Å². The number of methoxy groups -OCH3 is 2. The molecule has 2 rings (SSSR count). The van der Waals surface area contributed by atoms with Crippen LogP contribution in [0.15, 0.2) is 36.4 Å².